The number of nitrogens with zero attached hydrogens (tertiary/aromatic N) is 4. The molecule has 0 aromatic carbocycles. The molecule has 2 aliphatic rings. The van der Waals surface area contributed by atoms with Gasteiger partial charge in [0.25, 0.3) is 0 Å². The van der Waals surface area contributed by atoms with E-state index in [1.807, 2.05) is 18.3 Å². The lowest BCUT2D eigenvalue weighted by Gasteiger charge is -2.35. The maximum Gasteiger partial charge on any atom is 0.225 e. The molecule has 4 heterocycles. The largest absolute Gasteiger partial charge is 0.372 e. The van der Waals surface area contributed by atoms with Crippen molar-refractivity contribution in [3.05, 3.63) is 36.4 Å². The Morgan fingerprint density at radius 1 is 1.12 bits per heavy atom. The molecule has 25 heavy (non-hydrogen) atoms. The van der Waals surface area contributed by atoms with Gasteiger partial charge in [-0.25, -0.2) is 9.97 Å². The molecule has 6 nitrogen and oxygen atoms in total. The Kier molecular flexibility index (Phi) is 4.63. The second-order valence-corrected chi connectivity index (χ2v) is 6.87. The molecule has 0 spiro atoms. The highest BCUT2D eigenvalue weighted by Gasteiger charge is 2.28. The fourth-order valence-electron chi connectivity index (χ4n) is 3.67. The van der Waals surface area contributed by atoms with Gasteiger partial charge in [-0.1, -0.05) is 0 Å². The van der Waals surface area contributed by atoms with Gasteiger partial charge < -0.3 is 14.4 Å². The van der Waals surface area contributed by atoms with Crippen molar-refractivity contribution in [2.45, 2.75) is 45.0 Å². The predicted molar refractivity (Wildman–Crippen MR) is 95.4 cm³/mol. The van der Waals surface area contributed by atoms with Crippen LogP contribution in [0.5, 0.6) is 0 Å². The van der Waals surface area contributed by atoms with Crippen molar-refractivity contribution < 1.29 is 9.47 Å². The fourth-order valence-corrected chi connectivity index (χ4v) is 3.67. The molecule has 2 aromatic rings. The first-order chi connectivity index (χ1) is 12.2. The molecule has 0 amide bonds. The Morgan fingerprint density at radius 3 is 2.56 bits per heavy atom. The molecule has 0 bridgehead atoms. The van der Waals surface area contributed by atoms with Crippen molar-refractivity contribution in [2.75, 3.05) is 24.6 Å². The zero-order chi connectivity index (χ0) is 17.2. The molecule has 2 fully saturated rings. The average Bonchev–Trinajstić information content (AvgIpc) is 3.16. The number of morpholine rings is 1. The van der Waals surface area contributed by atoms with E-state index in [2.05, 4.69) is 28.7 Å². The molecule has 0 saturated carbocycles. The third-order valence-electron chi connectivity index (χ3n) is 4.73. The monoisotopic (exact) mass is 340 g/mol. The first-order valence-corrected chi connectivity index (χ1v) is 9.00. The van der Waals surface area contributed by atoms with E-state index in [-0.39, 0.29) is 18.3 Å². The van der Waals surface area contributed by atoms with E-state index in [0.29, 0.717) is 0 Å². The lowest BCUT2D eigenvalue weighted by atomic mass is 10.0. The molecule has 0 unspecified atom stereocenters. The fraction of sp³-hybridized carbons (Fsp3) is 0.526. The molecule has 6 heteroatoms. The van der Waals surface area contributed by atoms with Crippen LogP contribution in [-0.4, -0.2) is 46.9 Å². The lowest BCUT2D eigenvalue weighted by Crippen LogP contribution is -2.46. The average molecular weight is 340 g/mol. The van der Waals surface area contributed by atoms with Gasteiger partial charge in [0, 0.05) is 43.9 Å². The summed E-state index contributed by atoms with van der Waals surface area (Å²) < 4.78 is 11.8. The van der Waals surface area contributed by atoms with Gasteiger partial charge in [-0.15, -0.1) is 0 Å². The number of anilines is 1. The van der Waals surface area contributed by atoms with E-state index in [0.717, 1.165) is 55.3 Å². The van der Waals surface area contributed by atoms with Crippen molar-refractivity contribution in [2.24, 2.45) is 0 Å². The Bertz CT molecular complexity index is 709. The van der Waals surface area contributed by atoms with Crippen molar-refractivity contribution in [1.29, 1.82) is 0 Å². The van der Waals surface area contributed by atoms with Crippen LogP contribution in [-0.2, 0) is 9.47 Å². The van der Waals surface area contributed by atoms with E-state index in [1.54, 1.807) is 12.4 Å². The molecule has 2 aromatic heterocycles. The van der Waals surface area contributed by atoms with Gasteiger partial charge in [0.1, 0.15) is 6.10 Å². The van der Waals surface area contributed by atoms with Gasteiger partial charge in [0.2, 0.25) is 5.95 Å². The molecule has 4 rings (SSSR count). The molecular weight excluding hydrogens is 316 g/mol. The maximum atomic E-state index is 5.94. The standard InChI is InChI=1S/C19H24N4O2/c1-13-11-23(12-14(2)25-13)19-21-10-16(15-5-7-20-8-6-15)18(22-19)17-4-3-9-24-17/h5-8,10,13-14,17H,3-4,9,11-12H2,1-2H3/t13-,14-,17+/m1/s1. The van der Waals surface area contributed by atoms with Gasteiger partial charge in [0.05, 0.1) is 17.9 Å². The van der Waals surface area contributed by atoms with Gasteiger partial charge in [-0.05, 0) is 44.4 Å². The predicted octanol–water partition coefficient (Wildman–Crippen LogP) is 3.00. The van der Waals surface area contributed by atoms with Crippen molar-refractivity contribution >= 4 is 5.95 Å². The van der Waals surface area contributed by atoms with E-state index in [1.165, 1.54) is 0 Å². The van der Waals surface area contributed by atoms with Crippen LogP contribution in [0.2, 0.25) is 0 Å². The van der Waals surface area contributed by atoms with E-state index < -0.39 is 0 Å². The second kappa shape index (κ2) is 7.06. The van der Waals surface area contributed by atoms with Gasteiger partial charge >= 0.3 is 0 Å². The SMILES string of the molecule is C[C@@H]1CN(c2ncc(-c3ccncc3)c([C@@H]3CCCO3)n2)C[C@@H](C)O1. The normalized spacial score (nSPS) is 26.8. The van der Waals surface area contributed by atoms with E-state index in [4.69, 9.17) is 14.5 Å². The summed E-state index contributed by atoms with van der Waals surface area (Å²) in [5.74, 6) is 0.769. The zero-order valence-corrected chi connectivity index (χ0v) is 14.8. The molecular formula is C19H24N4O2. The van der Waals surface area contributed by atoms with Crippen LogP contribution in [0.1, 0.15) is 38.5 Å². The Morgan fingerprint density at radius 2 is 1.88 bits per heavy atom. The topological polar surface area (TPSA) is 60.4 Å². The number of hydrogen-bond donors (Lipinski definition) is 0. The van der Waals surface area contributed by atoms with Gasteiger partial charge in [0.15, 0.2) is 0 Å². The first kappa shape index (κ1) is 16.4. The first-order valence-electron chi connectivity index (χ1n) is 9.00. The van der Waals surface area contributed by atoms with Gasteiger partial charge in [-0.2, -0.15) is 0 Å². The van der Waals surface area contributed by atoms with Crippen LogP contribution in [0.4, 0.5) is 5.95 Å². The quantitative estimate of drug-likeness (QED) is 0.856. The van der Waals surface area contributed by atoms with Crippen LogP contribution in [0.25, 0.3) is 11.1 Å². The third kappa shape index (κ3) is 3.50. The summed E-state index contributed by atoms with van der Waals surface area (Å²) in [6, 6.07) is 3.99. The molecule has 0 aliphatic carbocycles. The Balaban J connectivity index is 1.72. The van der Waals surface area contributed by atoms with E-state index in [9.17, 15) is 0 Å². The van der Waals surface area contributed by atoms with Crippen molar-refractivity contribution in [1.82, 2.24) is 15.0 Å². The number of rotatable bonds is 3. The summed E-state index contributed by atoms with van der Waals surface area (Å²) >= 11 is 0. The molecule has 3 atom stereocenters. The summed E-state index contributed by atoms with van der Waals surface area (Å²) in [6.45, 7) is 6.60. The molecule has 2 saturated heterocycles. The Hall–Kier alpha value is -2.05. The summed E-state index contributed by atoms with van der Waals surface area (Å²) in [7, 11) is 0. The zero-order valence-electron chi connectivity index (χ0n) is 14.8. The lowest BCUT2D eigenvalue weighted by molar-refractivity contribution is -0.00576. The minimum absolute atomic E-state index is 0.0424. The summed E-state index contributed by atoms with van der Waals surface area (Å²) in [5, 5.41) is 0. The number of aromatic nitrogens is 3. The van der Waals surface area contributed by atoms with Crippen molar-refractivity contribution in [3.63, 3.8) is 0 Å². The van der Waals surface area contributed by atoms with Crippen molar-refractivity contribution in [3.8, 4) is 11.1 Å². The highest BCUT2D eigenvalue weighted by Crippen LogP contribution is 2.35. The summed E-state index contributed by atoms with van der Waals surface area (Å²) in [5.41, 5.74) is 3.10. The highest BCUT2D eigenvalue weighted by atomic mass is 16.5. The van der Waals surface area contributed by atoms with Crippen LogP contribution >= 0.6 is 0 Å². The van der Waals surface area contributed by atoms with Gasteiger partial charge in [-0.3, -0.25) is 4.98 Å². The number of pyridine rings is 1. The molecule has 2 aliphatic heterocycles. The summed E-state index contributed by atoms with van der Waals surface area (Å²) in [6.07, 6.45) is 8.01. The van der Waals surface area contributed by atoms with Crippen LogP contribution in [0.15, 0.2) is 30.7 Å². The van der Waals surface area contributed by atoms with Crippen LogP contribution < -0.4 is 4.90 Å². The Labute approximate surface area is 148 Å². The maximum absolute atomic E-state index is 5.94. The van der Waals surface area contributed by atoms with E-state index >= 15 is 0 Å². The minimum Gasteiger partial charge on any atom is -0.372 e. The number of hydrogen-bond acceptors (Lipinski definition) is 6. The summed E-state index contributed by atoms with van der Waals surface area (Å²) in [4.78, 5) is 15.9. The number of ether oxygens (including phenoxy) is 2. The third-order valence-corrected chi connectivity index (χ3v) is 4.73. The molecule has 0 N–H and O–H groups in total. The highest BCUT2D eigenvalue weighted by molar-refractivity contribution is 5.65. The smallest absolute Gasteiger partial charge is 0.225 e. The minimum atomic E-state index is 0.0424. The van der Waals surface area contributed by atoms with Crippen LogP contribution in [0, 0.1) is 0 Å². The molecule has 132 valence electrons. The van der Waals surface area contributed by atoms with Crippen LogP contribution in [0.3, 0.4) is 0 Å². The molecule has 0 radical (unpaired) electrons. The second-order valence-electron chi connectivity index (χ2n) is 6.87.